The molecule has 0 unspecified atom stereocenters. The second-order valence-electron chi connectivity index (χ2n) is 7.67. The van der Waals surface area contributed by atoms with Crippen LogP contribution in [0.1, 0.15) is 32.3 Å². The molecule has 1 amide bonds. The van der Waals surface area contributed by atoms with Gasteiger partial charge in [-0.15, -0.1) is 0 Å². The first-order valence-electron chi connectivity index (χ1n) is 9.28. The lowest BCUT2D eigenvalue weighted by Crippen LogP contribution is -2.46. The number of halogens is 1. The zero-order valence-electron chi connectivity index (χ0n) is 16.0. The van der Waals surface area contributed by atoms with Crippen LogP contribution >= 0.6 is 0 Å². The second kappa shape index (κ2) is 9.30. The molecule has 2 rings (SSSR count). The van der Waals surface area contributed by atoms with Gasteiger partial charge in [-0.3, -0.25) is 4.79 Å². The van der Waals surface area contributed by atoms with Gasteiger partial charge in [0.15, 0.2) is 0 Å². The quantitative estimate of drug-likeness (QED) is 0.757. The van der Waals surface area contributed by atoms with E-state index in [1.54, 1.807) is 12.1 Å². The fourth-order valence-corrected chi connectivity index (χ4v) is 3.41. The normalized spacial score (nSPS) is 19.7. The highest BCUT2D eigenvalue weighted by Crippen LogP contribution is 2.21. The molecule has 1 atom stereocenters. The van der Waals surface area contributed by atoms with Crippen LogP contribution in [-0.2, 0) is 11.3 Å². The molecular formula is C20H32FN3O. The lowest BCUT2D eigenvalue weighted by molar-refractivity contribution is -0.134. The van der Waals surface area contributed by atoms with E-state index >= 15 is 0 Å². The molecule has 0 N–H and O–H groups in total. The molecule has 0 radical (unpaired) electrons. The first-order chi connectivity index (χ1) is 11.9. The Bertz CT molecular complexity index is 544. The van der Waals surface area contributed by atoms with Crippen molar-refractivity contribution in [1.82, 2.24) is 14.7 Å². The zero-order valence-corrected chi connectivity index (χ0v) is 16.0. The molecule has 1 aromatic rings. The van der Waals surface area contributed by atoms with Crippen LogP contribution in [0.25, 0.3) is 0 Å². The Morgan fingerprint density at radius 1 is 1.24 bits per heavy atom. The van der Waals surface area contributed by atoms with Crippen molar-refractivity contribution in [2.24, 2.45) is 5.92 Å². The minimum absolute atomic E-state index is 0.194. The smallest absolute Gasteiger partial charge is 0.224 e. The van der Waals surface area contributed by atoms with E-state index < -0.39 is 0 Å². The van der Waals surface area contributed by atoms with E-state index in [0.717, 1.165) is 38.2 Å². The minimum Gasteiger partial charge on any atom is -0.334 e. The molecule has 1 saturated heterocycles. The van der Waals surface area contributed by atoms with Gasteiger partial charge >= 0.3 is 0 Å². The van der Waals surface area contributed by atoms with Crippen LogP contribution in [0.5, 0.6) is 0 Å². The number of rotatable bonds is 7. The van der Waals surface area contributed by atoms with Crippen LogP contribution in [0.3, 0.4) is 0 Å². The summed E-state index contributed by atoms with van der Waals surface area (Å²) in [6.45, 7) is 8.76. The summed E-state index contributed by atoms with van der Waals surface area (Å²) >= 11 is 0. The largest absolute Gasteiger partial charge is 0.334 e. The number of nitrogens with zero attached hydrogens (tertiary/aromatic N) is 3. The monoisotopic (exact) mass is 349 g/mol. The average molecular weight is 349 g/mol. The van der Waals surface area contributed by atoms with E-state index in [1.165, 1.54) is 12.1 Å². The van der Waals surface area contributed by atoms with E-state index in [4.69, 9.17) is 0 Å². The molecule has 25 heavy (non-hydrogen) atoms. The fraction of sp³-hybridized carbons (Fsp3) is 0.650. The average Bonchev–Trinajstić information content (AvgIpc) is 2.70. The first kappa shape index (κ1) is 19.9. The van der Waals surface area contributed by atoms with Gasteiger partial charge in [0.2, 0.25) is 5.91 Å². The Morgan fingerprint density at radius 3 is 2.52 bits per heavy atom. The first-order valence-corrected chi connectivity index (χ1v) is 9.28. The fourth-order valence-electron chi connectivity index (χ4n) is 3.41. The summed E-state index contributed by atoms with van der Waals surface area (Å²) in [5.74, 6) is 0.357. The van der Waals surface area contributed by atoms with E-state index in [2.05, 4.69) is 37.7 Å². The molecule has 1 fully saturated rings. The predicted octanol–water partition coefficient (Wildman–Crippen LogP) is 2.84. The van der Waals surface area contributed by atoms with Gasteiger partial charge in [0.05, 0.1) is 0 Å². The van der Waals surface area contributed by atoms with Crippen LogP contribution in [0.2, 0.25) is 0 Å². The van der Waals surface area contributed by atoms with Crippen molar-refractivity contribution in [3.8, 4) is 0 Å². The summed E-state index contributed by atoms with van der Waals surface area (Å²) < 4.78 is 13.1. The molecule has 0 aromatic heterocycles. The summed E-state index contributed by atoms with van der Waals surface area (Å²) in [6, 6.07) is 6.68. The third-order valence-corrected chi connectivity index (χ3v) is 4.92. The number of benzene rings is 1. The molecule has 0 bridgehead atoms. The van der Waals surface area contributed by atoms with Crippen molar-refractivity contribution in [1.29, 1.82) is 0 Å². The highest BCUT2D eigenvalue weighted by Gasteiger charge is 2.31. The molecule has 1 aliphatic heterocycles. The summed E-state index contributed by atoms with van der Waals surface area (Å²) in [7, 11) is 4.18. The van der Waals surface area contributed by atoms with Crippen molar-refractivity contribution >= 4 is 5.91 Å². The Hall–Kier alpha value is -1.46. The maximum absolute atomic E-state index is 13.1. The number of carbonyl (C=O) groups is 1. The maximum atomic E-state index is 13.1. The van der Waals surface area contributed by atoms with E-state index in [-0.39, 0.29) is 17.8 Å². The van der Waals surface area contributed by atoms with Crippen LogP contribution in [0.4, 0.5) is 4.39 Å². The third kappa shape index (κ3) is 6.08. The molecule has 0 saturated carbocycles. The highest BCUT2D eigenvalue weighted by atomic mass is 19.1. The standard InChI is InChI=1S/C20H32FN3O/c1-16(2)19-15-23(12-5-11-22(3)4)13-10-20(25)24(19)14-17-6-8-18(21)9-7-17/h6-9,16,19H,5,10-15H2,1-4H3/t19-/m0/s1. The summed E-state index contributed by atoms with van der Waals surface area (Å²) in [4.78, 5) is 19.4. The molecule has 0 aliphatic carbocycles. The second-order valence-corrected chi connectivity index (χ2v) is 7.67. The lowest BCUT2D eigenvalue weighted by atomic mass is 10.0. The van der Waals surface area contributed by atoms with Crippen molar-refractivity contribution in [2.45, 2.75) is 39.3 Å². The predicted molar refractivity (Wildman–Crippen MR) is 99.8 cm³/mol. The van der Waals surface area contributed by atoms with Crippen LogP contribution in [0.15, 0.2) is 24.3 Å². The molecule has 140 valence electrons. The van der Waals surface area contributed by atoms with E-state index in [9.17, 15) is 9.18 Å². The summed E-state index contributed by atoms with van der Waals surface area (Å²) in [5.41, 5.74) is 0.987. The zero-order chi connectivity index (χ0) is 18.4. The minimum atomic E-state index is -0.238. The number of carbonyl (C=O) groups excluding carboxylic acids is 1. The lowest BCUT2D eigenvalue weighted by Gasteiger charge is -2.35. The molecule has 1 aromatic carbocycles. The van der Waals surface area contributed by atoms with Gasteiger partial charge < -0.3 is 14.7 Å². The molecular weight excluding hydrogens is 317 g/mol. The molecule has 0 spiro atoms. The Morgan fingerprint density at radius 2 is 1.92 bits per heavy atom. The molecule has 1 heterocycles. The molecule has 4 nitrogen and oxygen atoms in total. The van der Waals surface area contributed by atoms with Gasteiger partial charge in [-0.05, 0) is 57.2 Å². The van der Waals surface area contributed by atoms with Crippen LogP contribution in [0, 0.1) is 11.7 Å². The number of hydrogen-bond donors (Lipinski definition) is 0. The van der Waals surface area contributed by atoms with Gasteiger partial charge in [-0.2, -0.15) is 0 Å². The van der Waals surface area contributed by atoms with Gasteiger partial charge in [-0.25, -0.2) is 4.39 Å². The SMILES string of the molecule is CC(C)[C@@H]1CN(CCCN(C)C)CCC(=O)N1Cc1ccc(F)cc1. The van der Waals surface area contributed by atoms with Gasteiger partial charge in [0, 0.05) is 32.1 Å². The number of amides is 1. The number of hydrogen-bond acceptors (Lipinski definition) is 3. The highest BCUT2D eigenvalue weighted by molar-refractivity contribution is 5.77. The van der Waals surface area contributed by atoms with Gasteiger partial charge in [0.1, 0.15) is 5.82 Å². The Kier molecular flexibility index (Phi) is 7.38. The van der Waals surface area contributed by atoms with Crippen molar-refractivity contribution in [2.75, 3.05) is 40.3 Å². The van der Waals surface area contributed by atoms with E-state index in [0.29, 0.717) is 18.9 Å². The van der Waals surface area contributed by atoms with E-state index in [1.807, 2.05) is 4.90 Å². The molecule has 1 aliphatic rings. The Labute approximate surface area is 151 Å². The molecule has 5 heteroatoms. The topological polar surface area (TPSA) is 26.8 Å². The van der Waals surface area contributed by atoms with Crippen molar-refractivity contribution in [3.63, 3.8) is 0 Å². The van der Waals surface area contributed by atoms with Crippen LogP contribution in [-0.4, -0.2) is 66.9 Å². The third-order valence-electron chi connectivity index (χ3n) is 4.92. The van der Waals surface area contributed by atoms with Crippen molar-refractivity contribution < 1.29 is 9.18 Å². The van der Waals surface area contributed by atoms with Crippen LogP contribution < -0.4 is 0 Å². The summed E-state index contributed by atoms with van der Waals surface area (Å²) in [5, 5.41) is 0. The maximum Gasteiger partial charge on any atom is 0.224 e. The van der Waals surface area contributed by atoms with Gasteiger partial charge in [-0.1, -0.05) is 26.0 Å². The van der Waals surface area contributed by atoms with Gasteiger partial charge in [0.25, 0.3) is 0 Å². The Balaban J connectivity index is 2.06. The van der Waals surface area contributed by atoms with Crippen molar-refractivity contribution in [3.05, 3.63) is 35.6 Å². The summed E-state index contributed by atoms with van der Waals surface area (Å²) in [6.07, 6.45) is 1.68.